The molecule has 0 radical (unpaired) electrons. The molecule has 0 aliphatic heterocycles. The molecule has 6 nitrogen and oxygen atoms in total. The highest BCUT2D eigenvalue weighted by atomic mass is 35.5. The molecular formula is C31H37ClN2O4. The molecule has 3 aromatic rings. The van der Waals surface area contributed by atoms with E-state index in [1.165, 1.54) is 25.7 Å². The highest BCUT2D eigenvalue weighted by Gasteiger charge is 2.12. The predicted octanol–water partition coefficient (Wildman–Crippen LogP) is 7.82. The second-order valence-corrected chi connectivity index (χ2v) is 9.30. The molecule has 0 fully saturated rings. The van der Waals surface area contributed by atoms with Crippen LogP contribution < -0.4 is 19.6 Å². The molecule has 0 saturated carbocycles. The van der Waals surface area contributed by atoms with Gasteiger partial charge in [0.15, 0.2) is 11.5 Å². The number of benzene rings is 3. The maximum atomic E-state index is 12.8. The molecule has 1 amide bonds. The van der Waals surface area contributed by atoms with Gasteiger partial charge < -0.3 is 14.2 Å². The Morgan fingerprint density at radius 1 is 0.842 bits per heavy atom. The second kappa shape index (κ2) is 16.4. The summed E-state index contributed by atoms with van der Waals surface area (Å²) in [6, 6.07) is 20.3. The number of hydrogen-bond acceptors (Lipinski definition) is 5. The van der Waals surface area contributed by atoms with E-state index in [1.807, 2.05) is 43.3 Å². The SMILES string of the molecule is CCCCCCCCOc1ccc(Cl)cc1/C=N/NC(=O)c1ccc(OCc2ccccc2)c(OCC)c1. The zero-order valence-corrected chi connectivity index (χ0v) is 23.0. The first-order valence-electron chi connectivity index (χ1n) is 13.3. The van der Waals surface area contributed by atoms with Crippen LogP contribution in [0.5, 0.6) is 17.2 Å². The maximum Gasteiger partial charge on any atom is 0.271 e. The van der Waals surface area contributed by atoms with Crippen LogP contribution in [-0.2, 0) is 6.61 Å². The Morgan fingerprint density at radius 2 is 1.61 bits per heavy atom. The van der Waals surface area contributed by atoms with E-state index in [1.54, 1.807) is 36.5 Å². The molecule has 0 aromatic heterocycles. The molecule has 0 aliphatic carbocycles. The molecule has 0 saturated heterocycles. The van der Waals surface area contributed by atoms with Gasteiger partial charge in [0.2, 0.25) is 0 Å². The van der Waals surface area contributed by atoms with Crippen molar-refractivity contribution in [1.82, 2.24) is 5.43 Å². The van der Waals surface area contributed by atoms with Gasteiger partial charge in [-0.1, -0.05) is 81.0 Å². The molecule has 38 heavy (non-hydrogen) atoms. The van der Waals surface area contributed by atoms with E-state index >= 15 is 0 Å². The number of carbonyl (C=O) groups is 1. The maximum absolute atomic E-state index is 12.8. The van der Waals surface area contributed by atoms with Crippen LogP contribution >= 0.6 is 11.6 Å². The number of halogens is 1. The van der Waals surface area contributed by atoms with E-state index < -0.39 is 0 Å². The normalized spacial score (nSPS) is 10.9. The number of hydrazone groups is 1. The molecule has 7 heteroatoms. The van der Waals surface area contributed by atoms with Crippen LogP contribution in [0.25, 0.3) is 0 Å². The van der Waals surface area contributed by atoms with E-state index in [0.29, 0.717) is 53.2 Å². The molecule has 1 N–H and O–H groups in total. The van der Waals surface area contributed by atoms with E-state index in [-0.39, 0.29) is 5.91 Å². The molecule has 0 aliphatic rings. The molecular weight excluding hydrogens is 500 g/mol. The highest BCUT2D eigenvalue weighted by molar-refractivity contribution is 6.30. The number of amides is 1. The van der Waals surface area contributed by atoms with Crippen LogP contribution in [0.1, 0.15) is 73.9 Å². The van der Waals surface area contributed by atoms with Crippen molar-refractivity contribution in [2.45, 2.75) is 59.0 Å². The van der Waals surface area contributed by atoms with Crippen LogP contribution in [0, 0.1) is 0 Å². The summed E-state index contributed by atoms with van der Waals surface area (Å²) in [6.45, 7) is 5.57. The standard InChI is InChI=1S/C31H37ClN2O4/c1-3-5-6-7-8-12-19-37-28-18-16-27(32)20-26(28)22-33-34-31(35)25-15-17-29(30(21-25)36-4-2)38-23-24-13-10-9-11-14-24/h9-11,13-18,20-22H,3-8,12,19,23H2,1-2H3,(H,34,35)/b33-22+. The highest BCUT2D eigenvalue weighted by Crippen LogP contribution is 2.29. The summed E-state index contributed by atoms with van der Waals surface area (Å²) in [5.74, 6) is 1.38. The van der Waals surface area contributed by atoms with Gasteiger partial charge >= 0.3 is 0 Å². The summed E-state index contributed by atoms with van der Waals surface area (Å²) in [4.78, 5) is 12.8. The van der Waals surface area contributed by atoms with E-state index in [0.717, 1.165) is 18.4 Å². The van der Waals surface area contributed by atoms with Gasteiger partial charge in [-0.15, -0.1) is 0 Å². The smallest absolute Gasteiger partial charge is 0.271 e. The zero-order chi connectivity index (χ0) is 27.0. The minimum Gasteiger partial charge on any atom is -0.493 e. The first-order valence-corrected chi connectivity index (χ1v) is 13.7. The van der Waals surface area contributed by atoms with Crippen LogP contribution in [-0.4, -0.2) is 25.3 Å². The lowest BCUT2D eigenvalue weighted by Crippen LogP contribution is -2.18. The number of rotatable bonds is 16. The Kier molecular flexibility index (Phi) is 12.5. The van der Waals surface area contributed by atoms with Crippen molar-refractivity contribution in [3.63, 3.8) is 0 Å². The molecule has 0 spiro atoms. The third-order valence-corrected chi connectivity index (χ3v) is 6.08. The van der Waals surface area contributed by atoms with Gasteiger partial charge in [-0.25, -0.2) is 5.43 Å². The van der Waals surface area contributed by atoms with Crippen molar-refractivity contribution in [2.24, 2.45) is 5.10 Å². The average Bonchev–Trinajstić information content (AvgIpc) is 2.93. The molecule has 202 valence electrons. The summed E-state index contributed by atoms with van der Waals surface area (Å²) < 4.78 is 17.6. The van der Waals surface area contributed by atoms with Crippen molar-refractivity contribution in [3.8, 4) is 17.2 Å². The third-order valence-electron chi connectivity index (χ3n) is 5.84. The minimum atomic E-state index is -0.367. The molecule has 3 aromatic carbocycles. The predicted molar refractivity (Wildman–Crippen MR) is 154 cm³/mol. The number of unbranched alkanes of at least 4 members (excludes halogenated alkanes) is 5. The van der Waals surface area contributed by atoms with E-state index in [4.69, 9.17) is 25.8 Å². The lowest BCUT2D eigenvalue weighted by molar-refractivity contribution is 0.0954. The van der Waals surface area contributed by atoms with Gasteiger partial charge in [0.05, 0.1) is 19.4 Å². The Morgan fingerprint density at radius 3 is 2.39 bits per heavy atom. The van der Waals surface area contributed by atoms with E-state index in [2.05, 4.69) is 17.5 Å². The lowest BCUT2D eigenvalue weighted by Gasteiger charge is -2.13. The van der Waals surface area contributed by atoms with Gasteiger partial charge in [0, 0.05) is 16.1 Å². The van der Waals surface area contributed by atoms with Crippen molar-refractivity contribution in [2.75, 3.05) is 13.2 Å². The summed E-state index contributed by atoms with van der Waals surface area (Å²) >= 11 is 6.18. The molecule has 0 bridgehead atoms. The van der Waals surface area contributed by atoms with Gasteiger partial charge in [-0.2, -0.15) is 5.10 Å². The molecule has 0 heterocycles. The second-order valence-electron chi connectivity index (χ2n) is 8.87. The van der Waals surface area contributed by atoms with Crippen molar-refractivity contribution in [3.05, 3.63) is 88.4 Å². The average molecular weight is 537 g/mol. The first kappa shape index (κ1) is 29.1. The summed E-state index contributed by atoms with van der Waals surface area (Å²) in [5, 5.41) is 4.70. The largest absolute Gasteiger partial charge is 0.493 e. The Labute approximate surface area is 231 Å². The Balaban J connectivity index is 1.58. The van der Waals surface area contributed by atoms with E-state index in [9.17, 15) is 4.79 Å². The summed E-state index contributed by atoms with van der Waals surface area (Å²) in [5.41, 5.74) is 4.72. The fraction of sp³-hybridized carbons (Fsp3) is 0.355. The Bertz CT molecular complexity index is 1170. The first-order chi connectivity index (χ1) is 18.6. The third kappa shape index (κ3) is 9.75. The fourth-order valence-electron chi connectivity index (χ4n) is 3.81. The van der Waals surface area contributed by atoms with Crippen LogP contribution in [0.15, 0.2) is 71.8 Å². The topological polar surface area (TPSA) is 69.2 Å². The van der Waals surface area contributed by atoms with Crippen molar-refractivity contribution >= 4 is 23.7 Å². The fourth-order valence-corrected chi connectivity index (χ4v) is 3.99. The van der Waals surface area contributed by atoms with Crippen molar-refractivity contribution < 1.29 is 19.0 Å². The van der Waals surface area contributed by atoms with Gasteiger partial charge in [0.25, 0.3) is 5.91 Å². The quantitative estimate of drug-likeness (QED) is 0.115. The number of hydrogen-bond donors (Lipinski definition) is 1. The summed E-state index contributed by atoms with van der Waals surface area (Å²) in [6.07, 6.45) is 8.70. The molecule has 0 atom stereocenters. The summed E-state index contributed by atoms with van der Waals surface area (Å²) in [7, 11) is 0. The minimum absolute atomic E-state index is 0.367. The van der Waals surface area contributed by atoms with Crippen LogP contribution in [0.3, 0.4) is 0 Å². The molecule has 3 rings (SSSR count). The Hall–Kier alpha value is -3.51. The van der Waals surface area contributed by atoms with Gasteiger partial charge in [-0.3, -0.25) is 4.79 Å². The number of nitrogens with zero attached hydrogens (tertiary/aromatic N) is 1. The van der Waals surface area contributed by atoms with Gasteiger partial charge in [0.1, 0.15) is 12.4 Å². The number of ether oxygens (including phenoxy) is 3. The van der Waals surface area contributed by atoms with Crippen LogP contribution in [0.4, 0.5) is 0 Å². The lowest BCUT2D eigenvalue weighted by atomic mass is 10.1. The molecule has 0 unspecified atom stereocenters. The van der Waals surface area contributed by atoms with Gasteiger partial charge in [-0.05, 0) is 55.3 Å². The monoisotopic (exact) mass is 536 g/mol. The van der Waals surface area contributed by atoms with Crippen molar-refractivity contribution in [1.29, 1.82) is 0 Å². The number of nitrogens with one attached hydrogen (secondary N) is 1. The zero-order valence-electron chi connectivity index (χ0n) is 22.3. The number of carbonyl (C=O) groups excluding carboxylic acids is 1. The van der Waals surface area contributed by atoms with Crippen LogP contribution in [0.2, 0.25) is 5.02 Å².